The van der Waals surface area contributed by atoms with Gasteiger partial charge in [-0.1, -0.05) is 34.6 Å². The second kappa shape index (κ2) is 15.4. The number of imidazole rings is 2. The minimum absolute atomic E-state index is 0.0599. The summed E-state index contributed by atoms with van der Waals surface area (Å²) in [4.78, 5) is 72.7. The lowest BCUT2D eigenvalue weighted by Crippen LogP contribution is -2.53. The molecule has 4 aliphatic heterocycles. The first-order valence-corrected chi connectivity index (χ1v) is 21.3. The molecule has 16 heteroatoms. The molecular formula is C45H54N8O8. The smallest absolute Gasteiger partial charge is 0.407 e. The van der Waals surface area contributed by atoms with E-state index in [1.165, 1.54) is 14.2 Å². The first-order valence-electron chi connectivity index (χ1n) is 21.3. The monoisotopic (exact) mass is 834 g/mol. The summed E-state index contributed by atoms with van der Waals surface area (Å²) in [5, 5.41) is 5.48. The van der Waals surface area contributed by atoms with Gasteiger partial charge in [-0.05, 0) is 74.1 Å². The number of aromatic amines is 2. The summed E-state index contributed by atoms with van der Waals surface area (Å²) in [5.74, 6) is 3.01. The van der Waals surface area contributed by atoms with Crippen LogP contribution in [0.15, 0.2) is 36.7 Å². The van der Waals surface area contributed by atoms with E-state index in [4.69, 9.17) is 28.9 Å². The van der Waals surface area contributed by atoms with Gasteiger partial charge in [0.15, 0.2) is 0 Å². The number of carbonyl (C=O) groups is 4. The fourth-order valence-electron chi connectivity index (χ4n) is 9.85. The van der Waals surface area contributed by atoms with Gasteiger partial charge in [-0.3, -0.25) is 9.59 Å². The number of hydrogen-bond acceptors (Lipinski definition) is 10. The molecule has 61 heavy (non-hydrogen) atoms. The van der Waals surface area contributed by atoms with Gasteiger partial charge in [0.1, 0.15) is 48.4 Å². The van der Waals surface area contributed by atoms with Crippen LogP contribution in [-0.2, 0) is 32.3 Å². The Morgan fingerprint density at radius 3 is 1.66 bits per heavy atom. The zero-order chi connectivity index (χ0) is 43.0. The summed E-state index contributed by atoms with van der Waals surface area (Å²) >= 11 is 0. The molecule has 1 aliphatic carbocycles. The van der Waals surface area contributed by atoms with Gasteiger partial charge in [-0.15, -0.1) is 0 Å². The van der Waals surface area contributed by atoms with Crippen LogP contribution in [-0.4, -0.2) is 92.1 Å². The maximum atomic E-state index is 14.0. The Balaban J connectivity index is 0.958. The molecule has 4 N–H and O–H groups in total. The molecule has 2 aromatic heterocycles. The molecule has 5 aliphatic rings. The van der Waals surface area contributed by atoms with E-state index in [-0.39, 0.29) is 53.7 Å². The van der Waals surface area contributed by atoms with E-state index in [1.54, 1.807) is 6.20 Å². The fraction of sp³-hybridized carbons (Fsp3) is 0.511. The van der Waals surface area contributed by atoms with Crippen molar-refractivity contribution in [2.75, 3.05) is 14.2 Å². The van der Waals surface area contributed by atoms with Crippen LogP contribution in [0.2, 0.25) is 0 Å². The molecule has 4 aromatic rings. The number of hydrogen-bond donors (Lipinski definition) is 4. The highest BCUT2D eigenvalue weighted by Crippen LogP contribution is 2.54. The number of likely N-dealkylation sites (tertiary alicyclic amines) is 2. The van der Waals surface area contributed by atoms with Crippen molar-refractivity contribution in [3.05, 3.63) is 59.4 Å². The Kier molecular flexibility index (Phi) is 10.2. The minimum Gasteiger partial charge on any atom is -0.488 e. The lowest BCUT2D eigenvalue weighted by Gasteiger charge is -2.33. The van der Waals surface area contributed by atoms with E-state index < -0.39 is 24.3 Å². The molecule has 16 nitrogen and oxygen atoms in total. The number of fused-ring (bicyclic) bond motifs is 1. The Hall–Kier alpha value is -6.06. The topological polar surface area (TPSA) is 193 Å². The van der Waals surface area contributed by atoms with Gasteiger partial charge in [0, 0.05) is 45.5 Å². The quantitative estimate of drug-likeness (QED) is 0.135. The first kappa shape index (κ1) is 40.4. The molecule has 2 aromatic carbocycles. The number of aromatic nitrogens is 4. The average Bonchev–Trinajstić information content (AvgIpc) is 3.68. The molecule has 2 saturated heterocycles. The third-order valence-corrected chi connectivity index (χ3v) is 13.4. The molecule has 6 heterocycles. The van der Waals surface area contributed by atoms with Crippen LogP contribution >= 0.6 is 0 Å². The number of H-pyrrole nitrogens is 2. The molecule has 1 unspecified atom stereocenters. The molecule has 1 saturated carbocycles. The van der Waals surface area contributed by atoms with E-state index in [1.807, 2.05) is 62.7 Å². The molecule has 9 rings (SSSR count). The first-order chi connectivity index (χ1) is 29.3. The predicted octanol–water partition coefficient (Wildman–Crippen LogP) is 6.64. The van der Waals surface area contributed by atoms with Crippen LogP contribution in [0.5, 0.6) is 11.5 Å². The fourth-order valence-corrected chi connectivity index (χ4v) is 9.85. The zero-order valence-electron chi connectivity index (χ0n) is 35.8. The number of ether oxygens (including phenoxy) is 4. The molecular weight excluding hydrogens is 781 g/mol. The summed E-state index contributed by atoms with van der Waals surface area (Å²) in [6.45, 7) is 12.5. The molecule has 3 fully saturated rings. The van der Waals surface area contributed by atoms with Gasteiger partial charge < -0.3 is 49.3 Å². The molecule has 4 amide bonds. The standard InChI is InChI=1S/C45H54N8O8/c1-20(2)38(50-44(56)58-7)42(54)52-23(6)22(5)9-32(52)40-46-16-29(48-40)24-10-27-18-61-35-15-25(11-28-19-60-34(14-24)36(27)37(28)35)30-17-47-41(49-30)33-13-26-12-31(26)53(33)43(55)39(21(3)4)51-45(57)59-8/h10-11,14-17,20-23,26,31-33,38-39H,9,12-13,18-19H2,1-8H3,(H,46,48)(H,47,49)(H,50,56)(H,51,57)/t22?,23-,26-,31-,32+,33+,38+,39+/m1/s1. The number of methoxy groups -OCH3 is 2. The summed E-state index contributed by atoms with van der Waals surface area (Å²) < 4.78 is 22.6. The number of piperidine rings is 1. The van der Waals surface area contributed by atoms with Crippen molar-refractivity contribution in [1.82, 2.24) is 40.4 Å². The Morgan fingerprint density at radius 2 is 1.18 bits per heavy atom. The molecule has 0 radical (unpaired) electrons. The molecule has 0 spiro atoms. The van der Waals surface area contributed by atoms with Gasteiger partial charge in [0.2, 0.25) is 11.8 Å². The number of carbonyl (C=O) groups excluding carboxylic acids is 4. The van der Waals surface area contributed by atoms with Crippen molar-refractivity contribution in [3.63, 3.8) is 0 Å². The SMILES string of the molecule is COC(=O)N[C@H](C(=O)N1[C@H](C)C(C)C[C@H]1c1ncc(-c2cc3c4c(c2)OCc2cc(-c5cnc([C@@H]6C[C@H]7C[C@H]7N6C(=O)[C@@H](NC(=O)OC)C(C)C)[nH]5)cc(c2-4)OC3)[nH]1)C(C)C. The largest absolute Gasteiger partial charge is 0.488 e. The van der Waals surface area contributed by atoms with Gasteiger partial charge in [-0.2, -0.15) is 0 Å². The maximum Gasteiger partial charge on any atom is 0.407 e. The second-order valence-corrected chi connectivity index (χ2v) is 17.9. The van der Waals surface area contributed by atoms with E-state index >= 15 is 0 Å². The summed E-state index contributed by atoms with van der Waals surface area (Å²) in [6, 6.07) is 6.39. The van der Waals surface area contributed by atoms with Gasteiger partial charge in [0.25, 0.3) is 0 Å². The summed E-state index contributed by atoms with van der Waals surface area (Å²) in [7, 11) is 2.59. The van der Waals surface area contributed by atoms with Crippen LogP contribution in [0.25, 0.3) is 33.6 Å². The Labute approximate surface area is 354 Å². The van der Waals surface area contributed by atoms with Crippen LogP contribution < -0.4 is 20.1 Å². The van der Waals surface area contributed by atoms with Crippen LogP contribution in [0.1, 0.15) is 95.7 Å². The Bertz CT molecular complexity index is 2360. The maximum absolute atomic E-state index is 14.0. The number of alkyl carbamates (subject to hydrolysis) is 2. The number of amides is 4. The van der Waals surface area contributed by atoms with Gasteiger partial charge in [0.05, 0.1) is 50.1 Å². The Morgan fingerprint density at radius 1 is 0.705 bits per heavy atom. The highest BCUT2D eigenvalue weighted by molar-refractivity contribution is 5.90. The van der Waals surface area contributed by atoms with E-state index in [0.29, 0.717) is 30.8 Å². The van der Waals surface area contributed by atoms with Crippen LogP contribution in [0.3, 0.4) is 0 Å². The van der Waals surface area contributed by atoms with Gasteiger partial charge in [-0.25, -0.2) is 19.6 Å². The van der Waals surface area contributed by atoms with Crippen molar-refractivity contribution >= 4 is 24.0 Å². The molecule has 0 bridgehead atoms. The summed E-state index contributed by atoms with van der Waals surface area (Å²) in [6.07, 6.45) is 4.84. The van der Waals surface area contributed by atoms with Crippen molar-refractivity contribution in [1.29, 1.82) is 0 Å². The van der Waals surface area contributed by atoms with Crippen LogP contribution in [0.4, 0.5) is 9.59 Å². The number of nitrogens with one attached hydrogen (secondary N) is 4. The van der Waals surface area contributed by atoms with Crippen molar-refractivity contribution in [2.24, 2.45) is 23.7 Å². The number of nitrogens with zero attached hydrogens (tertiary/aromatic N) is 4. The number of rotatable bonds is 10. The summed E-state index contributed by atoms with van der Waals surface area (Å²) in [5.41, 5.74) is 7.42. The van der Waals surface area contributed by atoms with E-state index in [2.05, 4.69) is 39.7 Å². The molecule has 322 valence electrons. The highest BCUT2D eigenvalue weighted by atomic mass is 16.5. The third kappa shape index (κ3) is 7.02. The zero-order valence-corrected chi connectivity index (χ0v) is 35.8. The van der Waals surface area contributed by atoms with Crippen molar-refractivity contribution in [2.45, 2.75) is 110 Å². The molecule has 8 atom stereocenters. The van der Waals surface area contributed by atoms with E-state index in [9.17, 15) is 19.2 Å². The lowest BCUT2D eigenvalue weighted by atomic mass is 9.87. The van der Waals surface area contributed by atoms with Gasteiger partial charge >= 0.3 is 12.2 Å². The number of benzene rings is 2. The normalized spacial score (nSPS) is 24.0. The highest BCUT2D eigenvalue weighted by Gasteiger charge is 2.56. The average molecular weight is 835 g/mol. The van der Waals surface area contributed by atoms with Crippen LogP contribution in [0, 0.1) is 23.7 Å². The lowest BCUT2D eigenvalue weighted by molar-refractivity contribution is -0.138. The van der Waals surface area contributed by atoms with Crippen molar-refractivity contribution in [3.8, 4) is 45.1 Å². The minimum atomic E-state index is -0.740. The predicted molar refractivity (Wildman–Crippen MR) is 223 cm³/mol. The van der Waals surface area contributed by atoms with E-state index in [0.717, 1.165) is 75.5 Å². The second-order valence-electron chi connectivity index (χ2n) is 17.9. The van der Waals surface area contributed by atoms with Crippen molar-refractivity contribution < 1.29 is 38.1 Å². The third-order valence-electron chi connectivity index (χ3n) is 13.4.